The highest BCUT2D eigenvalue weighted by molar-refractivity contribution is 7.09. The van der Waals surface area contributed by atoms with Crippen molar-refractivity contribution in [3.05, 3.63) is 69.4 Å². The summed E-state index contributed by atoms with van der Waals surface area (Å²) in [6.45, 7) is 6.29. The molecule has 1 unspecified atom stereocenters. The van der Waals surface area contributed by atoms with Gasteiger partial charge in [-0.15, -0.1) is 21.5 Å². The van der Waals surface area contributed by atoms with E-state index in [-0.39, 0.29) is 6.04 Å². The molecular formula is C20H25ClN6S. The predicted molar refractivity (Wildman–Crippen MR) is 116 cm³/mol. The van der Waals surface area contributed by atoms with Crippen LogP contribution in [0, 0.1) is 0 Å². The summed E-state index contributed by atoms with van der Waals surface area (Å²) in [5.41, 5.74) is 1.04. The van der Waals surface area contributed by atoms with Gasteiger partial charge in [0.1, 0.15) is 12.2 Å². The molecule has 148 valence electrons. The Morgan fingerprint density at radius 1 is 1.29 bits per heavy atom. The number of aryl methyl sites for hydroxylation is 1. The topological polar surface area (TPSA) is 67.1 Å². The zero-order valence-corrected chi connectivity index (χ0v) is 17.7. The van der Waals surface area contributed by atoms with Crippen molar-refractivity contribution in [3.8, 4) is 0 Å². The smallest absolute Gasteiger partial charge is 0.192 e. The second-order valence-electron chi connectivity index (χ2n) is 6.35. The highest BCUT2D eigenvalue weighted by Gasteiger charge is 2.11. The second-order valence-corrected chi connectivity index (χ2v) is 7.79. The standard InChI is InChI=1S/C20H25ClN6S/c1-3-19-26-24-14-27(19)11-10-22-20(23-13-16-7-6-12-28-16)25-15(2)17-8-4-5-9-18(17)21/h4-9,12,14-15H,3,10-11,13H2,1-2H3,(H2,22,23,25). The Bertz CT molecular complexity index is 890. The van der Waals surface area contributed by atoms with Crippen molar-refractivity contribution in [3.63, 3.8) is 0 Å². The molecule has 1 aromatic carbocycles. The summed E-state index contributed by atoms with van der Waals surface area (Å²) in [5, 5.41) is 17.8. The molecule has 0 bridgehead atoms. The van der Waals surface area contributed by atoms with E-state index in [2.05, 4.69) is 50.7 Å². The summed E-state index contributed by atoms with van der Waals surface area (Å²) in [6, 6.07) is 12.0. The number of aliphatic imine (C=N–C) groups is 1. The lowest BCUT2D eigenvalue weighted by atomic mass is 10.1. The van der Waals surface area contributed by atoms with E-state index in [1.54, 1.807) is 17.7 Å². The highest BCUT2D eigenvalue weighted by Crippen LogP contribution is 2.22. The van der Waals surface area contributed by atoms with Crippen molar-refractivity contribution >= 4 is 28.9 Å². The first-order valence-electron chi connectivity index (χ1n) is 9.35. The number of thiophene rings is 1. The third-order valence-electron chi connectivity index (χ3n) is 4.36. The molecule has 2 aromatic heterocycles. The minimum Gasteiger partial charge on any atom is -0.355 e. The molecule has 1 atom stereocenters. The fourth-order valence-electron chi connectivity index (χ4n) is 2.86. The number of nitrogens with one attached hydrogen (secondary N) is 2. The van der Waals surface area contributed by atoms with Crippen LogP contribution in [0.2, 0.25) is 5.02 Å². The number of hydrogen-bond donors (Lipinski definition) is 2. The molecule has 8 heteroatoms. The van der Waals surface area contributed by atoms with Crippen LogP contribution in [0.15, 0.2) is 53.1 Å². The van der Waals surface area contributed by atoms with Gasteiger partial charge in [-0.05, 0) is 30.0 Å². The molecule has 6 nitrogen and oxygen atoms in total. The van der Waals surface area contributed by atoms with Crippen molar-refractivity contribution in [2.45, 2.75) is 39.4 Å². The molecule has 0 saturated carbocycles. The largest absolute Gasteiger partial charge is 0.355 e. The molecule has 0 aliphatic heterocycles. The average Bonchev–Trinajstić information content (AvgIpc) is 3.37. The number of nitrogens with zero attached hydrogens (tertiary/aromatic N) is 4. The number of halogens is 1. The van der Waals surface area contributed by atoms with E-state index in [1.165, 1.54) is 4.88 Å². The molecule has 2 heterocycles. The minimum absolute atomic E-state index is 0.0319. The summed E-state index contributed by atoms with van der Waals surface area (Å²) in [5.74, 6) is 1.74. The maximum Gasteiger partial charge on any atom is 0.192 e. The van der Waals surface area contributed by atoms with Gasteiger partial charge in [0.05, 0.1) is 12.6 Å². The van der Waals surface area contributed by atoms with Gasteiger partial charge >= 0.3 is 0 Å². The maximum atomic E-state index is 6.35. The summed E-state index contributed by atoms with van der Waals surface area (Å²) in [6.07, 6.45) is 2.63. The van der Waals surface area contributed by atoms with Gasteiger partial charge in [0.25, 0.3) is 0 Å². The Morgan fingerprint density at radius 3 is 2.89 bits per heavy atom. The van der Waals surface area contributed by atoms with Crippen LogP contribution in [0.25, 0.3) is 0 Å². The molecule has 3 rings (SSSR count). The fourth-order valence-corrected chi connectivity index (χ4v) is 3.78. The molecule has 0 spiro atoms. The van der Waals surface area contributed by atoms with Gasteiger partial charge in [-0.1, -0.05) is 42.8 Å². The lowest BCUT2D eigenvalue weighted by molar-refractivity contribution is 0.619. The molecular weight excluding hydrogens is 392 g/mol. The Morgan fingerprint density at radius 2 is 2.14 bits per heavy atom. The Hall–Kier alpha value is -2.38. The van der Waals surface area contributed by atoms with Crippen LogP contribution < -0.4 is 10.6 Å². The van der Waals surface area contributed by atoms with Gasteiger partial charge in [-0.25, -0.2) is 4.99 Å². The van der Waals surface area contributed by atoms with E-state index >= 15 is 0 Å². The summed E-state index contributed by atoms with van der Waals surface area (Å²) >= 11 is 8.06. The van der Waals surface area contributed by atoms with E-state index < -0.39 is 0 Å². The third kappa shape index (κ3) is 5.56. The molecule has 3 aromatic rings. The van der Waals surface area contributed by atoms with Crippen LogP contribution in [0.1, 0.15) is 36.2 Å². The summed E-state index contributed by atoms with van der Waals surface area (Å²) in [4.78, 5) is 5.96. The highest BCUT2D eigenvalue weighted by atomic mass is 35.5. The Labute approximate surface area is 174 Å². The lowest BCUT2D eigenvalue weighted by Gasteiger charge is -2.20. The zero-order chi connectivity index (χ0) is 19.8. The lowest BCUT2D eigenvalue weighted by Crippen LogP contribution is -2.40. The maximum absolute atomic E-state index is 6.35. The summed E-state index contributed by atoms with van der Waals surface area (Å²) in [7, 11) is 0. The number of benzene rings is 1. The van der Waals surface area contributed by atoms with Crippen LogP contribution >= 0.6 is 22.9 Å². The molecule has 0 aliphatic rings. The molecule has 2 N–H and O–H groups in total. The molecule has 28 heavy (non-hydrogen) atoms. The molecule has 0 amide bonds. The quantitative estimate of drug-likeness (QED) is 0.429. The monoisotopic (exact) mass is 416 g/mol. The molecule has 0 radical (unpaired) electrons. The third-order valence-corrected chi connectivity index (χ3v) is 5.56. The zero-order valence-electron chi connectivity index (χ0n) is 16.1. The Balaban J connectivity index is 1.66. The van der Waals surface area contributed by atoms with Crippen molar-refractivity contribution in [1.29, 1.82) is 0 Å². The first-order valence-corrected chi connectivity index (χ1v) is 10.6. The summed E-state index contributed by atoms with van der Waals surface area (Å²) < 4.78 is 2.06. The van der Waals surface area contributed by atoms with Gasteiger partial charge in [0, 0.05) is 29.4 Å². The molecule has 0 fully saturated rings. The molecule has 0 aliphatic carbocycles. The van der Waals surface area contributed by atoms with Crippen molar-refractivity contribution in [1.82, 2.24) is 25.4 Å². The van der Waals surface area contributed by atoms with Gasteiger partial charge in [-0.3, -0.25) is 0 Å². The van der Waals surface area contributed by atoms with Gasteiger partial charge < -0.3 is 15.2 Å². The van der Waals surface area contributed by atoms with E-state index in [4.69, 9.17) is 16.6 Å². The van der Waals surface area contributed by atoms with E-state index in [1.807, 2.05) is 30.3 Å². The van der Waals surface area contributed by atoms with Gasteiger partial charge in [0.15, 0.2) is 5.96 Å². The minimum atomic E-state index is 0.0319. The van der Waals surface area contributed by atoms with Gasteiger partial charge in [-0.2, -0.15) is 0 Å². The number of guanidine groups is 1. The number of aromatic nitrogens is 3. The van der Waals surface area contributed by atoms with Crippen LogP contribution in [0.5, 0.6) is 0 Å². The van der Waals surface area contributed by atoms with E-state index in [0.29, 0.717) is 6.54 Å². The van der Waals surface area contributed by atoms with Crippen molar-refractivity contribution < 1.29 is 0 Å². The van der Waals surface area contributed by atoms with Crippen LogP contribution in [0.3, 0.4) is 0 Å². The molecule has 0 saturated heterocycles. The fraction of sp³-hybridized carbons (Fsp3) is 0.350. The van der Waals surface area contributed by atoms with Crippen LogP contribution in [-0.2, 0) is 19.5 Å². The first-order chi connectivity index (χ1) is 13.7. The first kappa shape index (κ1) is 20.4. The van der Waals surface area contributed by atoms with Crippen molar-refractivity contribution in [2.24, 2.45) is 4.99 Å². The normalized spacial score (nSPS) is 12.8. The van der Waals surface area contributed by atoms with Gasteiger partial charge in [0.2, 0.25) is 0 Å². The second kappa shape index (κ2) is 10.2. The van der Waals surface area contributed by atoms with E-state index in [9.17, 15) is 0 Å². The average molecular weight is 417 g/mol. The number of hydrogen-bond acceptors (Lipinski definition) is 4. The SMILES string of the molecule is CCc1nncn1CCNC(=NCc1cccs1)NC(C)c1ccccc1Cl. The Kier molecular flexibility index (Phi) is 7.45. The number of rotatable bonds is 8. The van der Waals surface area contributed by atoms with E-state index in [0.717, 1.165) is 41.9 Å². The predicted octanol–water partition coefficient (Wildman–Crippen LogP) is 4.05. The van der Waals surface area contributed by atoms with Crippen LogP contribution in [-0.4, -0.2) is 27.3 Å². The van der Waals surface area contributed by atoms with Crippen LogP contribution in [0.4, 0.5) is 0 Å². The van der Waals surface area contributed by atoms with Crippen molar-refractivity contribution in [2.75, 3.05) is 6.54 Å².